The first-order valence-corrected chi connectivity index (χ1v) is 10.5. The predicted molar refractivity (Wildman–Crippen MR) is 121 cm³/mol. The standard InChI is InChI=1S/C23H19ClN2O3S/c1-14-5-3-4-6-19(14)25-22(27)15(2)28-17-8-10-18(11-9-17)29-23-26-20-12-7-16(24)13-21(20)30-23/h3-13,15H,1-2H3,(H,25,27). The fourth-order valence-corrected chi connectivity index (χ4v) is 3.92. The summed E-state index contributed by atoms with van der Waals surface area (Å²) in [5, 5.41) is 4.09. The largest absolute Gasteiger partial charge is 0.481 e. The van der Waals surface area contributed by atoms with E-state index in [0.29, 0.717) is 21.7 Å². The number of nitrogens with zero attached hydrogens (tertiary/aromatic N) is 1. The van der Waals surface area contributed by atoms with Crippen molar-refractivity contribution in [3.05, 3.63) is 77.3 Å². The van der Waals surface area contributed by atoms with Crippen molar-refractivity contribution in [2.45, 2.75) is 20.0 Å². The van der Waals surface area contributed by atoms with Crippen molar-refractivity contribution in [3.63, 3.8) is 0 Å². The van der Waals surface area contributed by atoms with E-state index in [-0.39, 0.29) is 5.91 Å². The van der Waals surface area contributed by atoms with Crippen molar-refractivity contribution in [2.24, 2.45) is 0 Å². The number of anilines is 1. The van der Waals surface area contributed by atoms with Gasteiger partial charge in [-0.05, 0) is 67.9 Å². The van der Waals surface area contributed by atoms with Crippen LogP contribution < -0.4 is 14.8 Å². The molecule has 1 aromatic heterocycles. The number of carbonyl (C=O) groups excluding carboxylic acids is 1. The number of rotatable bonds is 6. The Kier molecular flexibility index (Phi) is 5.88. The molecule has 1 atom stereocenters. The zero-order valence-corrected chi connectivity index (χ0v) is 18.0. The molecule has 4 aromatic rings. The summed E-state index contributed by atoms with van der Waals surface area (Å²) in [5.74, 6) is 0.994. The highest BCUT2D eigenvalue weighted by atomic mass is 35.5. The molecular formula is C23H19ClN2O3S. The predicted octanol–water partition coefficient (Wildman–Crippen LogP) is 6.46. The molecule has 0 bridgehead atoms. The van der Waals surface area contributed by atoms with Crippen LogP contribution in [0.5, 0.6) is 16.7 Å². The molecule has 1 heterocycles. The molecule has 152 valence electrons. The number of aryl methyl sites for hydroxylation is 1. The van der Waals surface area contributed by atoms with Gasteiger partial charge < -0.3 is 14.8 Å². The number of halogens is 1. The highest BCUT2D eigenvalue weighted by Crippen LogP contribution is 2.33. The summed E-state index contributed by atoms with van der Waals surface area (Å²) >= 11 is 7.44. The maximum atomic E-state index is 12.4. The third kappa shape index (κ3) is 4.72. The van der Waals surface area contributed by atoms with E-state index in [1.165, 1.54) is 11.3 Å². The van der Waals surface area contributed by atoms with Crippen LogP contribution in [0, 0.1) is 6.92 Å². The molecule has 1 N–H and O–H groups in total. The molecule has 7 heteroatoms. The molecule has 0 fully saturated rings. The number of hydrogen-bond acceptors (Lipinski definition) is 5. The van der Waals surface area contributed by atoms with E-state index in [0.717, 1.165) is 21.5 Å². The third-order valence-corrected chi connectivity index (χ3v) is 5.58. The topological polar surface area (TPSA) is 60.5 Å². The van der Waals surface area contributed by atoms with Crippen LogP contribution in [-0.2, 0) is 4.79 Å². The lowest BCUT2D eigenvalue weighted by Gasteiger charge is -2.16. The van der Waals surface area contributed by atoms with Crippen LogP contribution in [0.25, 0.3) is 10.2 Å². The molecule has 3 aromatic carbocycles. The second-order valence-electron chi connectivity index (χ2n) is 6.73. The van der Waals surface area contributed by atoms with Gasteiger partial charge in [-0.1, -0.05) is 41.1 Å². The average Bonchev–Trinajstić information content (AvgIpc) is 3.12. The minimum absolute atomic E-state index is 0.210. The summed E-state index contributed by atoms with van der Waals surface area (Å²) in [7, 11) is 0. The van der Waals surface area contributed by atoms with Gasteiger partial charge in [-0.3, -0.25) is 4.79 Å². The number of nitrogens with one attached hydrogen (secondary N) is 1. The van der Waals surface area contributed by atoms with Gasteiger partial charge in [-0.25, -0.2) is 4.98 Å². The lowest BCUT2D eigenvalue weighted by Crippen LogP contribution is -2.30. The van der Waals surface area contributed by atoms with E-state index in [1.54, 1.807) is 37.3 Å². The van der Waals surface area contributed by atoms with Crippen LogP contribution in [0.3, 0.4) is 0 Å². The summed E-state index contributed by atoms with van der Waals surface area (Å²) in [5.41, 5.74) is 2.61. The summed E-state index contributed by atoms with van der Waals surface area (Å²) < 4.78 is 12.6. The van der Waals surface area contributed by atoms with Gasteiger partial charge in [0.05, 0.1) is 10.2 Å². The first-order valence-electron chi connectivity index (χ1n) is 9.35. The van der Waals surface area contributed by atoms with E-state index < -0.39 is 6.10 Å². The van der Waals surface area contributed by atoms with Crippen LogP contribution in [-0.4, -0.2) is 17.0 Å². The first-order chi connectivity index (χ1) is 14.5. The normalized spacial score (nSPS) is 11.8. The summed E-state index contributed by atoms with van der Waals surface area (Å²) in [6.07, 6.45) is -0.648. The van der Waals surface area contributed by atoms with Crippen molar-refractivity contribution in [1.82, 2.24) is 4.98 Å². The third-order valence-electron chi connectivity index (χ3n) is 4.44. The van der Waals surface area contributed by atoms with Crippen LogP contribution in [0.4, 0.5) is 5.69 Å². The first kappa shape index (κ1) is 20.2. The van der Waals surface area contributed by atoms with Gasteiger partial charge >= 0.3 is 0 Å². The maximum Gasteiger partial charge on any atom is 0.279 e. The Morgan fingerprint density at radius 2 is 1.80 bits per heavy atom. The fraction of sp³-hybridized carbons (Fsp3) is 0.130. The Bertz CT molecular complexity index is 1190. The average molecular weight is 439 g/mol. The quantitative estimate of drug-likeness (QED) is 0.375. The Morgan fingerprint density at radius 3 is 2.57 bits per heavy atom. The highest BCUT2D eigenvalue weighted by molar-refractivity contribution is 7.20. The second-order valence-corrected chi connectivity index (χ2v) is 8.16. The maximum absolute atomic E-state index is 12.4. The van der Waals surface area contributed by atoms with Crippen molar-refractivity contribution in [2.75, 3.05) is 5.32 Å². The van der Waals surface area contributed by atoms with Gasteiger partial charge in [0.1, 0.15) is 11.5 Å². The molecular weight excluding hydrogens is 420 g/mol. The van der Waals surface area contributed by atoms with Gasteiger partial charge in [0.15, 0.2) is 6.10 Å². The Morgan fingerprint density at radius 1 is 1.07 bits per heavy atom. The number of benzene rings is 3. The van der Waals surface area contributed by atoms with Crippen LogP contribution >= 0.6 is 22.9 Å². The molecule has 30 heavy (non-hydrogen) atoms. The molecule has 1 amide bonds. The number of para-hydroxylation sites is 1. The van der Waals surface area contributed by atoms with Crippen LogP contribution in [0.15, 0.2) is 66.7 Å². The number of fused-ring (bicyclic) bond motifs is 1. The van der Waals surface area contributed by atoms with Gasteiger partial charge in [0.2, 0.25) is 0 Å². The smallest absolute Gasteiger partial charge is 0.279 e. The molecule has 0 radical (unpaired) electrons. The van der Waals surface area contributed by atoms with Gasteiger partial charge in [0, 0.05) is 10.7 Å². The minimum Gasteiger partial charge on any atom is -0.481 e. The molecule has 0 saturated heterocycles. The molecule has 0 aliphatic heterocycles. The second kappa shape index (κ2) is 8.73. The summed E-state index contributed by atoms with van der Waals surface area (Å²) in [6, 6.07) is 20.2. The number of ether oxygens (including phenoxy) is 2. The van der Waals surface area contributed by atoms with E-state index in [4.69, 9.17) is 21.1 Å². The number of aromatic nitrogens is 1. The zero-order chi connectivity index (χ0) is 21.1. The lowest BCUT2D eigenvalue weighted by atomic mass is 10.2. The van der Waals surface area contributed by atoms with Crippen molar-refractivity contribution in [3.8, 4) is 16.7 Å². The lowest BCUT2D eigenvalue weighted by molar-refractivity contribution is -0.122. The highest BCUT2D eigenvalue weighted by Gasteiger charge is 2.16. The molecule has 0 saturated carbocycles. The van der Waals surface area contributed by atoms with Crippen molar-refractivity contribution in [1.29, 1.82) is 0 Å². The Balaban J connectivity index is 1.37. The van der Waals surface area contributed by atoms with Crippen molar-refractivity contribution < 1.29 is 14.3 Å². The zero-order valence-electron chi connectivity index (χ0n) is 16.4. The van der Waals surface area contributed by atoms with E-state index >= 15 is 0 Å². The van der Waals surface area contributed by atoms with Crippen LogP contribution in [0.2, 0.25) is 5.02 Å². The van der Waals surface area contributed by atoms with Crippen molar-refractivity contribution >= 4 is 44.7 Å². The summed E-state index contributed by atoms with van der Waals surface area (Å²) in [4.78, 5) is 16.9. The molecule has 0 aliphatic carbocycles. The molecule has 5 nitrogen and oxygen atoms in total. The Hall–Kier alpha value is -3.09. The van der Waals surface area contributed by atoms with Crippen LogP contribution in [0.1, 0.15) is 12.5 Å². The number of hydrogen-bond donors (Lipinski definition) is 1. The SMILES string of the molecule is Cc1ccccc1NC(=O)C(C)Oc1ccc(Oc2nc3ccc(Cl)cc3s2)cc1. The van der Waals surface area contributed by atoms with Gasteiger partial charge in [-0.15, -0.1) is 0 Å². The van der Waals surface area contributed by atoms with Gasteiger partial charge in [0.25, 0.3) is 11.1 Å². The van der Waals surface area contributed by atoms with E-state index in [1.807, 2.05) is 43.3 Å². The number of carbonyl (C=O) groups is 1. The minimum atomic E-state index is -0.648. The fourth-order valence-electron chi connectivity index (χ4n) is 2.81. The number of amides is 1. The molecule has 4 rings (SSSR count). The van der Waals surface area contributed by atoms with E-state index in [2.05, 4.69) is 10.3 Å². The van der Waals surface area contributed by atoms with Gasteiger partial charge in [-0.2, -0.15) is 0 Å². The monoisotopic (exact) mass is 438 g/mol. The number of thiazole rings is 1. The Labute approximate surface area is 183 Å². The summed E-state index contributed by atoms with van der Waals surface area (Å²) in [6.45, 7) is 3.66. The van der Waals surface area contributed by atoms with E-state index in [9.17, 15) is 4.79 Å². The molecule has 0 spiro atoms. The molecule has 1 unspecified atom stereocenters. The molecule has 0 aliphatic rings.